The van der Waals surface area contributed by atoms with Crippen molar-refractivity contribution in [2.75, 3.05) is 17.7 Å². The highest BCUT2D eigenvalue weighted by Gasteiger charge is 2.36. The van der Waals surface area contributed by atoms with E-state index in [9.17, 15) is 18.4 Å². The number of thioether (sulfide) groups is 1. The highest BCUT2D eigenvalue weighted by atomic mass is 32.2. The van der Waals surface area contributed by atoms with Crippen LogP contribution in [0.25, 0.3) is 10.9 Å². The lowest BCUT2D eigenvalue weighted by molar-refractivity contribution is -0.832. The fourth-order valence-electron chi connectivity index (χ4n) is 4.37. The molecule has 0 fully saturated rings. The molecule has 0 atom stereocenters. The molecule has 2 aromatic heterocycles. The Morgan fingerprint density at radius 3 is 2.35 bits per heavy atom. The van der Waals surface area contributed by atoms with Crippen LogP contribution in [0.4, 0.5) is 11.5 Å². The van der Waals surface area contributed by atoms with Crippen molar-refractivity contribution < 1.29 is 32.2 Å². The minimum atomic E-state index is -4.25. The van der Waals surface area contributed by atoms with Gasteiger partial charge in [-0.2, -0.15) is 0 Å². The second kappa shape index (κ2) is 13.7. The number of hydrogen-bond acceptors (Lipinski definition) is 12. The zero-order chi connectivity index (χ0) is 31.9. The SMILES string of the molecule is O=C(CSc1nc(Nc2ccccc2)c2ccccc2n1)OCCc1ccc(Oc2no[n+]([O-])c2S(=O)(=O)c2ccccc2)cc1. The lowest BCUT2D eigenvalue weighted by Gasteiger charge is -2.11. The monoisotopic (exact) mass is 655 g/mol. The third-order valence-corrected chi connectivity index (χ3v) is 9.13. The quantitative estimate of drug-likeness (QED) is 0.0764. The Bertz CT molecular complexity index is 2080. The van der Waals surface area contributed by atoms with Crippen molar-refractivity contribution in [2.45, 2.75) is 21.5 Å². The molecule has 14 heteroatoms. The summed E-state index contributed by atoms with van der Waals surface area (Å²) in [7, 11) is -4.25. The lowest BCUT2D eigenvalue weighted by Crippen LogP contribution is -2.30. The van der Waals surface area contributed by atoms with Gasteiger partial charge < -0.3 is 20.0 Å². The number of nitrogens with one attached hydrogen (secondary N) is 1. The van der Waals surface area contributed by atoms with Gasteiger partial charge in [0.15, 0.2) is 5.16 Å². The predicted molar refractivity (Wildman–Crippen MR) is 169 cm³/mol. The van der Waals surface area contributed by atoms with Crippen molar-refractivity contribution in [1.82, 2.24) is 15.1 Å². The van der Waals surface area contributed by atoms with E-state index in [2.05, 4.69) is 25.1 Å². The van der Waals surface area contributed by atoms with Gasteiger partial charge in [0.1, 0.15) is 11.6 Å². The van der Waals surface area contributed by atoms with Crippen LogP contribution in [0.1, 0.15) is 5.56 Å². The van der Waals surface area contributed by atoms with E-state index in [1.807, 2.05) is 54.6 Å². The van der Waals surface area contributed by atoms with Gasteiger partial charge in [0, 0.05) is 17.5 Å². The number of fused-ring (bicyclic) bond motifs is 1. The van der Waals surface area contributed by atoms with Crippen LogP contribution < -0.4 is 15.0 Å². The first-order valence-electron chi connectivity index (χ1n) is 13.9. The molecule has 0 bridgehead atoms. The molecule has 0 aliphatic carbocycles. The van der Waals surface area contributed by atoms with Crippen molar-refractivity contribution in [1.29, 1.82) is 0 Å². The van der Waals surface area contributed by atoms with Gasteiger partial charge in [-0.3, -0.25) is 9.42 Å². The number of para-hydroxylation sites is 2. The number of nitrogens with zero attached hydrogens (tertiary/aromatic N) is 4. The second-order valence-corrected chi connectivity index (χ2v) is 12.5. The first-order valence-corrected chi connectivity index (χ1v) is 16.4. The Morgan fingerprint density at radius 1 is 0.891 bits per heavy atom. The molecular weight excluding hydrogens is 631 g/mol. The summed E-state index contributed by atoms with van der Waals surface area (Å²) >= 11 is 1.19. The van der Waals surface area contributed by atoms with E-state index >= 15 is 0 Å². The van der Waals surface area contributed by atoms with Crippen LogP contribution in [-0.4, -0.2) is 41.9 Å². The van der Waals surface area contributed by atoms with Crippen LogP contribution in [0.3, 0.4) is 0 Å². The predicted octanol–water partition coefficient (Wildman–Crippen LogP) is 5.50. The average molecular weight is 656 g/mol. The number of rotatable bonds is 12. The van der Waals surface area contributed by atoms with Crippen molar-refractivity contribution in [2.24, 2.45) is 0 Å². The minimum absolute atomic E-state index is 0.0293. The molecule has 0 saturated carbocycles. The van der Waals surface area contributed by atoms with E-state index in [1.165, 1.54) is 36.0 Å². The number of benzene rings is 4. The molecule has 4 aromatic carbocycles. The summed E-state index contributed by atoms with van der Waals surface area (Å²) in [5, 5.41) is 19.5. The molecule has 6 rings (SSSR count). The van der Waals surface area contributed by atoms with Crippen molar-refractivity contribution in [3.63, 3.8) is 0 Å². The van der Waals surface area contributed by atoms with Gasteiger partial charge in [0.05, 0.1) is 27.9 Å². The maximum atomic E-state index is 13.0. The van der Waals surface area contributed by atoms with Crippen LogP contribution in [0.15, 0.2) is 129 Å². The van der Waals surface area contributed by atoms with Gasteiger partial charge in [-0.25, -0.2) is 18.4 Å². The summed E-state index contributed by atoms with van der Waals surface area (Å²) in [6.45, 7) is 0.137. The number of carbonyl (C=O) groups is 1. The summed E-state index contributed by atoms with van der Waals surface area (Å²) in [6.07, 6.45) is 0.423. The lowest BCUT2D eigenvalue weighted by atomic mass is 10.1. The maximum Gasteiger partial charge on any atom is 0.420 e. The molecule has 1 N–H and O–H groups in total. The Morgan fingerprint density at radius 2 is 1.59 bits per heavy atom. The van der Waals surface area contributed by atoms with Crippen molar-refractivity contribution >= 4 is 50.0 Å². The highest BCUT2D eigenvalue weighted by molar-refractivity contribution is 7.99. The smallest absolute Gasteiger partial charge is 0.420 e. The van der Waals surface area contributed by atoms with E-state index in [0.717, 1.165) is 22.2 Å². The Hall–Kier alpha value is -5.47. The molecule has 2 heterocycles. The molecule has 0 unspecified atom stereocenters. The van der Waals surface area contributed by atoms with Gasteiger partial charge in [0.2, 0.25) is 0 Å². The third-order valence-electron chi connectivity index (χ3n) is 6.58. The maximum absolute atomic E-state index is 13.0. The molecule has 0 radical (unpaired) electrons. The number of ether oxygens (including phenoxy) is 2. The average Bonchev–Trinajstić information content (AvgIpc) is 3.45. The second-order valence-electron chi connectivity index (χ2n) is 9.72. The van der Waals surface area contributed by atoms with E-state index in [-0.39, 0.29) is 27.9 Å². The zero-order valence-electron chi connectivity index (χ0n) is 24.0. The standard InChI is InChI=1S/C32H25N5O7S2/c38-28(21-45-32-34-27-14-8-7-13-26(27)29(35-32)33-23-9-3-1-4-10-23)42-20-19-22-15-17-24(18-16-22)43-30-31(37(39)44-36-30)46(40,41)25-11-5-2-6-12-25/h1-18H,19-21H2,(H,33,34,35). The van der Waals surface area contributed by atoms with Crippen LogP contribution in [-0.2, 0) is 25.8 Å². The van der Waals surface area contributed by atoms with E-state index < -0.39 is 26.7 Å². The van der Waals surface area contributed by atoms with Crippen LogP contribution in [0, 0.1) is 5.21 Å². The molecule has 6 aromatic rings. The fraction of sp³-hybridized carbons (Fsp3) is 0.0938. The molecule has 0 spiro atoms. The van der Waals surface area contributed by atoms with Gasteiger partial charge in [-0.15, -0.1) is 0 Å². The Balaban J connectivity index is 1.02. The van der Waals surface area contributed by atoms with Crippen LogP contribution >= 0.6 is 11.8 Å². The first kappa shape index (κ1) is 30.6. The minimum Gasteiger partial charge on any atom is -0.465 e. The molecule has 12 nitrogen and oxygen atoms in total. The number of carbonyl (C=O) groups excluding carboxylic acids is 1. The largest absolute Gasteiger partial charge is 0.465 e. The molecule has 232 valence electrons. The topological polar surface area (TPSA) is 160 Å². The van der Waals surface area contributed by atoms with E-state index in [4.69, 9.17) is 9.47 Å². The normalized spacial score (nSPS) is 11.3. The summed E-state index contributed by atoms with van der Waals surface area (Å²) in [6, 6.07) is 31.3. The first-order chi connectivity index (χ1) is 22.4. The number of sulfone groups is 1. The Kier molecular flexibility index (Phi) is 9.08. The summed E-state index contributed by atoms with van der Waals surface area (Å²) in [5.74, 6) is -0.00149. The van der Waals surface area contributed by atoms with Crippen LogP contribution in [0.5, 0.6) is 11.6 Å². The number of aromatic nitrogens is 4. The number of anilines is 2. The zero-order valence-corrected chi connectivity index (χ0v) is 25.6. The molecule has 0 aliphatic heterocycles. The fourth-order valence-corrected chi connectivity index (χ4v) is 6.30. The molecule has 0 saturated heterocycles. The number of esters is 1. The third kappa shape index (κ3) is 7.08. The highest BCUT2D eigenvalue weighted by Crippen LogP contribution is 2.29. The summed E-state index contributed by atoms with van der Waals surface area (Å²) in [4.78, 5) is 21.4. The van der Waals surface area contributed by atoms with Gasteiger partial charge in [-0.05, 0) is 59.0 Å². The van der Waals surface area contributed by atoms with Crippen molar-refractivity contribution in [3.8, 4) is 11.6 Å². The van der Waals surface area contributed by atoms with Gasteiger partial charge in [0.25, 0.3) is 9.84 Å². The van der Waals surface area contributed by atoms with Gasteiger partial charge >= 0.3 is 16.9 Å². The van der Waals surface area contributed by atoms with Crippen molar-refractivity contribution in [3.05, 3.63) is 120 Å². The number of hydrogen-bond donors (Lipinski definition) is 1. The van der Waals surface area contributed by atoms with E-state index in [0.29, 0.717) is 17.4 Å². The summed E-state index contributed by atoms with van der Waals surface area (Å²) < 4.78 is 41.4. The van der Waals surface area contributed by atoms with E-state index in [1.54, 1.807) is 30.3 Å². The molecule has 0 amide bonds. The van der Waals surface area contributed by atoms with Gasteiger partial charge in [-0.1, -0.05) is 72.4 Å². The Labute approximate surface area is 267 Å². The van der Waals surface area contributed by atoms with Crippen LogP contribution in [0.2, 0.25) is 0 Å². The molecular formula is C32H25N5O7S2. The summed E-state index contributed by atoms with van der Waals surface area (Å²) in [5.41, 5.74) is 2.47. The molecule has 46 heavy (non-hydrogen) atoms. The molecule has 0 aliphatic rings.